The van der Waals surface area contributed by atoms with Crippen LogP contribution in [0.25, 0.3) is 0 Å². The van der Waals surface area contributed by atoms with Crippen LogP contribution in [0.5, 0.6) is 0 Å². The Morgan fingerprint density at radius 1 is 1.50 bits per heavy atom. The summed E-state index contributed by atoms with van der Waals surface area (Å²) in [7, 11) is -3.01. The first kappa shape index (κ1) is 9.96. The summed E-state index contributed by atoms with van der Waals surface area (Å²) in [5, 5.41) is 8.42. The fourth-order valence-corrected chi connectivity index (χ4v) is 5.10. The number of aliphatic carboxylic acids is 1. The lowest BCUT2D eigenvalue weighted by Crippen LogP contribution is -2.28. The molecule has 2 fully saturated rings. The lowest BCUT2D eigenvalue weighted by atomic mass is 9.98. The Balaban J connectivity index is 2.22. The zero-order valence-electron chi connectivity index (χ0n) is 8.06. The van der Waals surface area contributed by atoms with Gasteiger partial charge < -0.3 is 5.11 Å². The van der Waals surface area contributed by atoms with Gasteiger partial charge in [0.05, 0.1) is 16.9 Å². The maximum absolute atomic E-state index is 11.6. The molecule has 1 heterocycles. The van der Waals surface area contributed by atoms with Gasteiger partial charge in [-0.1, -0.05) is 6.92 Å². The van der Waals surface area contributed by atoms with E-state index in [9.17, 15) is 13.2 Å². The number of carbonyl (C=O) groups is 1. The summed E-state index contributed by atoms with van der Waals surface area (Å²) in [6.45, 7) is 1.79. The Bertz CT molecular complexity index is 372. The molecule has 0 aromatic heterocycles. The van der Waals surface area contributed by atoms with Gasteiger partial charge in [-0.3, -0.25) is 4.79 Å². The van der Waals surface area contributed by atoms with Gasteiger partial charge in [0.1, 0.15) is 0 Å². The third kappa shape index (κ3) is 1.26. The maximum Gasteiger partial charge on any atom is 0.307 e. The molecule has 80 valence electrons. The second-order valence-electron chi connectivity index (χ2n) is 4.60. The first-order valence-electron chi connectivity index (χ1n) is 4.82. The highest BCUT2D eigenvalue weighted by Gasteiger charge is 2.63. The van der Waals surface area contributed by atoms with E-state index in [1.807, 2.05) is 0 Å². The van der Waals surface area contributed by atoms with Gasteiger partial charge in [0.25, 0.3) is 0 Å². The van der Waals surface area contributed by atoms with Crippen molar-refractivity contribution in [2.24, 2.45) is 11.3 Å². The number of carboxylic acid groups (broad SMARTS) is 1. The minimum atomic E-state index is -3.01. The Kier molecular flexibility index (Phi) is 1.93. The van der Waals surface area contributed by atoms with E-state index in [2.05, 4.69) is 0 Å². The van der Waals surface area contributed by atoms with Gasteiger partial charge in [0.15, 0.2) is 9.84 Å². The van der Waals surface area contributed by atoms with Crippen LogP contribution in [0.4, 0.5) is 0 Å². The van der Waals surface area contributed by atoms with Crippen LogP contribution in [-0.2, 0) is 14.6 Å². The molecule has 3 atom stereocenters. The van der Waals surface area contributed by atoms with E-state index in [1.165, 1.54) is 0 Å². The smallest absolute Gasteiger partial charge is 0.307 e. The summed E-state index contributed by atoms with van der Waals surface area (Å²) in [4.78, 5) is 10.8. The third-order valence-corrected chi connectivity index (χ3v) is 6.14. The first-order valence-corrected chi connectivity index (χ1v) is 6.54. The van der Waals surface area contributed by atoms with Gasteiger partial charge in [-0.15, -0.1) is 0 Å². The predicted octanol–water partition coefficient (Wildman–Crippen LogP) is 0.674. The van der Waals surface area contributed by atoms with Crippen molar-refractivity contribution in [3.05, 3.63) is 0 Å². The van der Waals surface area contributed by atoms with E-state index in [0.717, 1.165) is 0 Å². The van der Waals surface area contributed by atoms with E-state index < -0.39 is 32.4 Å². The van der Waals surface area contributed by atoms with E-state index in [0.29, 0.717) is 19.3 Å². The van der Waals surface area contributed by atoms with Crippen LogP contribution in [0, 0.1) is 11.3 Å². The van der Waals surface area contributed by atoms with Crippen molar-refractivity contribution in [2.75, 3.05) is 5.75 Å². The number of sulfone groups is 1. The van der Waals surface area contributed by atoms with Crippen LogP contribution >= 0.6 is 0 Å². The van der Waals surface area contributed by atoms with Crippen LogP contribution in [0.1, 0.15) is 26.2 Å². The fourth-order valence-electron chi connectivity index (χ4n) is 2.64. The number of carboxylic acids is 1. The second-order valence-corrected chi connectivity index (χ2v) is 6.90. The van der Waals surface area contributed by atoms with Crippen LogP contribution in [-0.4, -0.2) is 30.5 Å². The Morgan fingerprint density at radius 3 is 2.50 bits per heavy atom. The molecule has 4 nitrogen and oxygen atoms in total. The van der Waals surface area contributed by atoms with E-state index >= 15 is 0 Å². The minimum Gasteiger partial charge on any atom is -0.481 e. The van der Waals surface area contributed by atoms with Crippen molar-refractivity contribution < 1.29 is 18.3 Å². The van der Waals surface area contributed by atoms with Crippen molar-refractivity contribution in [2.45, 2.75) is 31.4 Å². The first-order chi connectivity index (χ1) is 6.38. The molecule has 0 radical (unpaired) electrons. The van der Waals surface area contributed by atoms with Gasteiger partial charge in [0, 0.05) is 0 Å². The number of rotatable bonds is 2. The van der Waals surface area contributed by atoms with Crippen molar-refractivity contribution in [1.29, 1.82) is 0 Å². The number of hydrogen-bond acceptors (Lipinski definition) is 3. The molecule has 1 N–H and O–H groups in total. The molecular formula is C9H14O4S. The average molecular weight is 218 g/mol. The summed E-state index contributed by atoms with van der Waals surface area (Å²) < 4.78 is 23.2. The van der Waals surface area contributed by atoms with E-state index in [-0.39, 0.29) is 5.75 Å². The standard InChI is InChI=1S/C9H14O4S/c1-9(5-6(9)8(10)11)7-3-2-4-14(7,12)13/h6-7H,2-5H2,1H3,(H,10,11). The fraction of sp³-hybridized carbons (Fsp3) is 0.889. The highest BCUT2D eigenvalue weighted by Crippen LogP contribution is 2.59. The molecule has 1 aliphatic carbocycles. The molecular weight excluding hydrogens is 204 g/mol. The van der Waals surface area contributed by atoms with Gasteiger partial charge in [0.2, 0.25) is 0 Å². The van der Waals surface area contributed by atoms with Crippen LogP contribution in [0.15, 0.2) is 0 Å². The van der Waals surface area contributed by atoms with Crippen LogP contribution in [0.2, 0.25) is 0 Å². The molecule has 14 heavy (non-hydrogen) atoms. The molecule has 5 heteroatoms. The summed E-state index contributed by atoms with van der Waals surface area (Å²) in [5.74, 6) is -1.06. The molecule has 1 aliphatic heterocycles. The number of hydrogen-bond donors (Lipinski definition) is 1. The normalized spacial score (nSPS) is 44.9. The largest absolute Gasteiger partial charge is 0.481 e. The summed E-state index contributed by atoms with van der Waals surface area (Å²) in [6, 6.07) is 0. The van der Waals surface area contributed by atoms with Crippen molar-refractivity contribution >= 4 is 15.8 Å². The molecule has 2 rings (SSSR count). The highest BCUT2D eigenvalue weighted by atomic mass is 32.2. The molecule has 3 unspecified atom stereocenters. The topological polar surface area (TPSA) is 71.4 Å². The quantitative estimate of drug-likeness (QED) is 0.739. The van der Waals surface area contributed by atoms with Gasteiger partial charge in [-0.2, -0.15) is 0 Å². The lowest BCUT2D eigenvalue weighted by molar-refractivity contribution is -0.139. The Labute approximate surface area is 83.2 Å². The molecule has 0 aromatic carbocycles. The van der Waals surface area contributed by atoms with Gasteiger partial charge >= 0.3 is 5.97 Å². The zero-order chi connectivity index (χ0) is 10.6. The van der Waals surface area contributed by atoms with Crippen molar-refractivity contribution in [1.82, 2.24) is 0 Å². The molecule has 0 spiro atoms. The molecule has 1 saturated carbocycles. The molecule has 2 aliphatic rings. The third-order valence-electron chi connectivity index (χ3n) is 3.64. The maximum atomic E-state index is 11.6. The monoisotopic (exact) mass is 218 g/mol. The molecule has 0 amide bonds. The Morgan fingerprint density at radius 2 is 2.14 bits per heavy atom. The van der Waals surface area contributed by atoms with E-state index in [1.54, 1.807) is 6.92 Å². The predicted molar refractivity (Wildman–Crippen MR) is 50.7 cm³/mol. The Hall–Kier alpha value is -0.580. The molecule has 0 aromatic rings. The van der Waals surface area contributed by atoms with Gasteiger partial charge in [-0.25, -0.2) is 8.42 Å². The van der Waals surface area contributed by atoms with Crippen molar-refractivity contribution in [3.63, 3.8) is 0 Å². The summed E-state index contributed by atoms with van der Waals surface area (Å²) in [5.41, 5.74) is -0.485. The second kappa shape index (κ2) is 2.72. The lowest BCUT2D eigenvalue weighted by Gasteiger charge is -2.17. The zero-order valence-corrected chi connectivity index (χ0v) is 8.88. The van der Waals surface area contributed by atoms with Gasteiger partial charge in [-0.05, 0) is 24.7 Å². The molecule has 0 bridgehead atoms. The summed E-state index contributed by atoms with van der Waals surface area (Å²) in [6.07, 6.45) is 1.85. The SMILES string of the molecule is CC1(C2CCCS2(=O)=O)CC1C(=O)O. The minimum absolute atomic E-state index is 0.236. The average Bonchev–Trinajstić information content (AvgIpc) is 2.60. The summed E-state index contributed by atoms with van der Waals surface area (Å²) >= 11 is 0. The molecule has 1 saturated heterocycles. The van der Waals surface area contributed by atoms with Crippen molar-refractivity contribution in [3.8, 4) is 0 Å². The van der Waals surface area contributed by atoms with E-state index in [4.69, 9.17) is 5.11 Å². The highest BCUT2D eigenvalue weighted by molar-refractivity contribution is 7.92. The van der Waals surface area contributed by atoms with Crippen LogP contribution in [0.3, 0.4) is 0 Å². The van der Waals surface area contributed by atoms with Crippen LogP contribution < -0.4 is 0 Å².